The molecule has 1 amide bonds. The topological polar surface area (TPSA) is 102 Å². The fraction of sp³-hybridized carbons (Fsp3) is 0.529. The van der Waals surface area contributed by atoms with Gasteiger partial charge in [-0.15, -0.1) is 0 Å². The van der Waals surface area contributed by atoms with Crippen LogP contribution in [0.15, 0.2) is 23.1 Å². The first-order valence-electron chi connectivity index (χ1n) is 8.15. The number of methoxy groups -OCH3 is 1. The Kier molecular flexibility index (Phi) is 5.84. The van der Waals surface area contributed by atoms with Crippen molar-refractivity contribution < 1.29 is 22.7 Å². The van der Waals surface area contributed by atoms with Crippen LogP contribution in [-0.4, -0.2) is 39.2 Å². The molecule has 0 unspecified atom stereocenters. The lowest BCUT2D eigenvalue weighted by Crippen LogP contribution is -2.27. The van der Waals surface area contributed by atoms with Crippen LogP contribution in [0.3, 0.4) is 0 Å². The number of carbonyl (C=O) groups excluding carboxylic acids is 2. The number of esters is 1. The molecule has 1 fully saturated rings. The molecule has 2 N–H and O–H groups in total. The van der Waals surface area contributed by atoms with Crippen LogP contribution in [0.1, 0.15) is 38.8 Å². The summed E-state index contributed by atoms with van der Waals surface area (Å²) in [5.41, 5.74) is 0.968. The van der Waals surface area contributed by atoms with E-state index in [0.29, 0.717) is 24.2 Å². The molecule has 1 heterocycles. The van der Waals surface area contributed by atoms with Gasteiger partial charge in [-0.1, -0.05) is 0 Å². The highest BCUT2D eigenvalue weighted by Crippen LogP contribution is 2.36. The van der Waals surface area contributed by atoms with Gasteiger partial charge in [-0.2, -0.15) is 0 Å². The van der Waals surface area contributed by atoms with E-state index in [1.807, 2.05) is 0 Å². The lowest BCUT2D eigenvalue weighted by atomic mass is 9.94. The largest absolute Gasteiger partial charge is 0.469 e. The van der Waals surface area contributed by atoms with Crippen LogP contribution in [-0.2, 0) is 24.2 Å². The molecule has 0 bridgehead atoms. The maximum absolute atomic E-state index is 12.8. The fourth-order valence-electron chi connectivity index (χ4n) is 3.02. The van der Waals surface area contributed by atoms with E-state index in [2.05, 4.69) is 10.6 Å². The predicted octanol–water partition coefficient (Wildman–Crippen LogP) is 1.65. The fourth-order valence-corrected chi connectivity index (χ4v) is 4.30. The molecule has 0 aromatic heterocycles. The first-order chi connectivity index (χ1) is 11.7. The van der Waals surface area contributed by atoms with Gasteiger partial charge in [0.2, 0.25) is 5.91 Å². The zero-order valence-corrected chi connectivity index (χ0v) is 15.6. The predicted molar refractivity (Wildman–Crippen MR) is 93.9 cm³/mol. The summed E-state index contributed by atoms with van der Waals surface area (Å²) in [6, 6.07) is 4.19. The van der Waals surface area contributed by atoms with Crippen molar-refractivity contribution in [1.29, 1.82) is 0 Å². The lowest BCUT2D eigenvalue weighted by molar-refractivity contribution is -0.145. The molecule has 0 radical (unpaired) electrons. The van der Waals surface area contributed by atoms with E-state index >= 15 is 0 Å². The van der Waals surface area contributed by atoms with Gasteiger partial charge in [0.25, 0.3) is 0 Å². The van der Waals surface area contributed by atoms with Crippen LogP contribution in [0.5, 0.6) is 0 Å². The third-order valence-electron chi connectivity index (χ3n) is 4.32. The second kappa shape index (κ2) is 7.53. The number of benzene rings is 1. The Balaban J connectivity index is 2.59. The molecule has 1 aliphatic rings. The van der Waals surface area contributed by atoms with Gasteiger partial charge < -0.3 is 15.4 Å². The molecular weight excluding hydrogens is 344 g/mol. The van der Waals surface area contributed by atoms with Crippen molar-refractivity contribution in [2.45, 2.75) is 43.4 Å². The summed E-state index contributed by atoms with van der Waals surface area (Å²) in [5.74, 6) is -1.11. The SMILES string of the molecule is COC(=O)[C@@H]1CCN[C@H]1c1cc(NC(C)=O)ccc1S(=O)(=O)C(C)C. The molecule has 2 rings (SSSR count). The molecule has 1 aromatic rings. The average Bonchev–Trinajstić information content (AvgIpc) is 3.02. The van der Waals surface area contributed by atoms with Crippen molar-refractivity contribution in [2.24, 2.45) is 5.92 Å². The average molecular weight is 368 g/mol. The number of ether oxygens (including phenoxy) is 1. The number of rotatable bonds is 5. The third kappa shape index (κ3) is 4.01. The van der Waals surface area contributed by atoms with E-state index in [4.69, 9.17) is 4.74 Å². The van der Waals surface area contributed by atoms with Crippen molar-refractivity contribution in [1.82, 2.24) is 5.32 Å². The molecule has 8 heteroatoms. The van der Waals surface area contributed by atoms with Crippen molar-refractivity contribution in [3.8, 4) is 0 Å². The molecule has 25 heavy (non-hydrogen) atoms. The Morgan fingerprint density at radius 3 is 2.56 bits per heavy atom. The number of anilines is 1. The second-order valence-corrected chi connectivity index (χ2v) is 8.85. The van der Waals surface area contributed by atoms with Crippen molar-refractivity contribution >= 4 is 27.4 Å². The van der Waals surface area contributed by atoms with Gasteiger partial charge in [0, 0.05) is 18.7 Å². The Morgan fingerprint density at radius 2 is 2.00 bits per heavy atom. The standard InChI is InChI=1S/C17H24N2O5S/c1-10(2)25(22,23)15-6-5-12(19-11(3)20)9-14(15)16-13(7-8-18-16)17(21)24-4/h5-6,9-10,13,16,18H,7-8H2,1-4H3,(H,19,20)/t13-,16-/m1/s1. The number of hydrogen-bond donors (Lipinski definition) is 2. The molecular formula is C17H24N2O5S. The Hall–Kier alpha value is -1.93. The smallest absolute Gasteiger partial charge is 0.310 e. The first-order valence-corrected chi connectivity index (χ1v) is 9.69. The Bertz CT molecular complexity index is 773. The van der Waals surface area contributed by atoms with Crippen LogP contribution in [0, 0.1) is 5.92 Å². The van der Waals surface area contributed by atoms with Crippen LogP contribution >= 0.6 is 0 Å². The van der Waals surface area contributed by atoms with Crippen LogP contribution in [0.25, 0.3) is 0 Å². The number of nitrogens with one attached hydrogen (secondary N) is 2. The van der Waals surface area contributed by atoms with Crippen LogP contribution in [0.2, 0.25) is 0 Å². The van der Waals surface area contributed by atoms with Crippen LogP contribution in [0.4, 0.5) is 5.69 Å². The highest BCUT2D eigenvalue weighted by molar-refractivity contribution is 7.92. The minimum absolute atomic E-state index is 0.171. The summed E-state index contributed by atoms with van der Waals surface area (Å²) < 4.78 is 30.4. The van der Waals surface area contributed by atoms with Crippen molar-refractivity contribution in [3.05, 3.63) is 23.8 Å². The lowest BCUT2D eigenvalue weighted by Gasteiger charge is -2.23. The zero-order chi connectivity index (χ0) is 18.8. The number of hydrogen-bond acceptors (Lipinski definition) is 6. The number of sulfone groups is 1. The van der Waals surface area contributed by atoms with Crippen LogP contribution < -0.4 is 10.6 Å². The van der Waals surface area contributed by atoms with Gasteiger partial charge in [0.1, 0.15) is 0 Å². The number of amides is 1. The van der Waals surface area contributed by atoms with Gasteiger partial charge in [-0.25, -0.2) is 8.42 Å². The van der Waals surface area contributed by atoms with Gasteiger partial charge in [0.05, 0.1) is 23.2 Å². The highest BCUT2D eigenvalue weighted by Gasteiger charge is 2.38. The normalized spacial score (nSPS) is 20.5. The molecule has 0 saturated carbocycles. The molecule has 1 aromatic carbocycles. The summed E-state index contributed by atoms with van der Waals surface area (Å²) in [5, 5.41) is 5.25. The summed E-state index contributed by atoms with van der Waals surface area (Å²) >= 11 is 0. The first kappa shape index (κ1) is 19.4. The monoisotopic (exact) mass is 368 g/mol. The maximum Gasteiger partial charge on any atom is 0.310 e. The second-order valence-electron chi connectivity index (χ2n) is 6.38. The molecule has 7 nitrogen and oxygen atoms in total. The van der Waals surface area contributed by atoms with Gasteiger partial charge in [-0.05, 0) is 50.6 Å². The summed E-state index contributed by atoms with van der Waals surface area (Å²) in [4.78, 5) is 23.6. The molecule has 1 aliphatic heterocycles. The van der Waals surface area contributed by atoms with Crippen molar-refractivity contribution in [2.75, 3.05) is 19.0 Å². The summed E-state index contributed by atoms with van der Waals surface area (Å²) in [6.45, 7) is 5.18. The quantitative estimate of drug-likeness (QED) is 0.767. The molecule has 0 aliphatic carbocycles. The number of carbonyl (C=O) groups is 2. The minimum atomic E-state index is -3.55. The van der Waals surface area contributed by atoms with E-state index < -0.39 is 27.0 Å². The molecule has 2 atom stereocenters. The van der Waals surface area contributed by atoms with Gasteiger partial charge in [0.15, 0.2) is 9.84 Å². The highest BCUT2D eigenvalue weighted by atomic mass is 32.2. The van der Waals surface area contributed by atoms with Gasteiger partial charge in [-0.3, -0.25) is 9.59 Å². The zero-order valence-electron chi connectivity index (χ0n) is 14.8. The Morgan fingerprint density at radius 1 is 1.32 bits per heavy atom. The Labute approximate surface area is 148 Å². The van der Waals surface area contributed by atoms with Crippen molar-refractivity contribution in [3.63, 3.8) is 0 Å². The van der Waals surface area contributed by atoms with Gasteiger partial charge >= 0.3 is 5.97 Å². The van der Waals surface area contributed by atoms with E-state index in [-0.39, 0.29) is 16.8 Å². The summed E-state index contributed by atoms with van der Waals surface area (Å²) in [7, 11) is -2.23. The molecule has 1 saturated heterocycles. The third-order valence-corrected chi connectivity index (χ3v) is 6.54. The van der Waals surface area contributed by atoms with E-state index in [1.54, 1.807) is 26.0 Å². The van der Waals surface area contributed by atoms with E-state index in [0.717, 1.165) is 0 Å². The molecule has 138 valence electrons. The summed E-state index contributed by atoms with van der Waals surface area (Å²) in [6.07, 6.45) is 0.558. The van der Waals surface area contributed by atoms with E-state index in [1.165, 1.54) is 20.1 Å². The minimum Gasteiger partial charge on any atom is -0.469 e. The maximum atomic E-state index is 12.8. The van der Waals surface area contributed by atoms with E-state index in [9.17, 15) is 18.0 Å². The molecule has 0 spiro atoms.